The fourth-order valence-corrected chi connectivity index (χ4v) is 1.75. The molecule has 0 saturated carbocycles. The Labute approximate surface area is 186 Å². The molecule has 0 aliphatic carbocycles. The second kappa shape index (κ2) is 28.7. The molecule has 0 aliphatic rings. The van der Waals surface area contributed by atoms with Crippen molar-refractivity contribution in [1.29, 1.82) is 0 Å². The van der Waals surface area contributed by atoms with Gasteiger partial charge in [0.15, 0.2) is 0 Å². The third kappa shape index (κ3) is 22.6. The van der Waals surface area contributed by atoms with E-state index >= 15 is 0 Å². The summed E-state index contributed by atoms with van der Waals surface area (Å²) in [5.74, 6) is 0. The fourth-order valence-electron chi connectivity index (χ4n) is 1.34. The van der Waals surface area contributed by atoms with Crippen molar-refractivity contribution in [3.8, 4) is 11.1 Å². The normalized spacial score (nSPS) is 9.56. The molecule has 0 spiro atoms. The minimum Gasteiger partial charge on any atom is -0.804 e. The van der Waals surface area contributed by atoms with Crippen LogP contribution in [0.1, 0.15) is 0 Å². The average Bonchev–Trinajstić information content (AvgIpc) is 2.61. The molecule has 0 heterocycles. The van der Waals surface area contributed by atoms with Crippen molar-refractivity contribution in [2.24, 2.45) is 0 Å². The molecule has 2 aromatic rings. The first-order chi connectivity index (χ1) is 12.4. The van der Waals surface area contributed by atoms with Gasteiger partial charge in [0.25, 0.3) is 0 Å². The Morgan fingerprint density at radius 1 is 0.630 bits per heavy atom. The van der Waals surface area contributed by atoms with Gasteiger partial charge in [-0.25, -0.2) is 0 Å². The van der Waals surface area contributed by atoms with Crippen LogP contribution in [-0.4, -0.2) is 0 Å². The van der Waals surface area contributed by atoms with E-state index < -0.39 is 34.7 Å². The van der Waals surface area contributed by atoms with Gasteiger partial charge in [0.05, 0.1) is 10.0 Å². The summed E-state index contributed by atoms with van der Waals surface area (Å²) in [4.78, 5) is 33.8. The Hall–Kier alpha value is 0.494. The quantitative estimate of drug-likeness (QED) is 0.385. The van der Waals surface area contributed by atoms with Crippen LogP contribution < -0.4 is 19.6 Å². The van der Waals surface area contributed by atoms with Crippen LogP contribution >= 0.6 is 58.0 Å². The molecule has 27 heavy (non-hydrogen) atoms. The summed E-state index contributed by atoms with van der Waals surface area (Å²) in [5.41, 5.74) is 2.06. The SMILES string of the molecule is Clc1cccc(-c2ccccc2)c1Cl.O=[PH2][O-].O=[PH2][O-].O=[PH2][O-].O=[PH2][O-].[Ti+4]. The van der Waals surface area contributed by atoms with Gasteiger partial charge in [-0.05, 0) is 46.4 Å². The zero-order chi connectivity index (χ0) is 20.8. The van der Waals surface area contributed by atoms with Crippen LogP contribution in [0.15, 0.2) is 48.5 Å². The van der Waals surface area contributed by atoms with Gasteiger partial charge in [0, 0.05) is 5.56 Å². The van der Waals surface area contributed by atoms with Gasteiger partial charge in [-0.3, -0.25) is 0 Å². The summed E-state index contributed by atoms with van der Waals surface area (Å²) in [6.07, 6.45) is 0. The molecule has 0 amide bonds. The van der Waals surface area contributed by atoms with Crippen molar-refractivity contribution in [3.05, 3.63) is 58.6 Å². The Morgan fingerprint density at radius 3 is 1.37 bits per heavy atom. The number of benzene rings is 2. The molecule has 0 saturated heterocycles. The standard InChI is InChI=1S/C12H8Cl2.4H3O2P.Ti/c13-11-8-4-7-10(12(11)14)9-5-2-1-3-6-9;4*1-3-2;/h1-8H;4*3H2,(H,1,2);/q;;;;;+4/p-4. The summed E-state index contributed by atoms with van der Waals surface area (Å²) in [5, 5.41) is 1.20. The minimum atomic E-state index is -1.75. The molecule has 8 nitrogen and oxygen atoms in total. The number of hydrogen-bond donors (Lipinski definition) is 0. The maximum atomic E-state index is 8.46. The van der Waals surface area contributed by atoms with Gasteiger partial charge in [0.2, 0.25) is 0 Å². The predicted octanol–water partition coefficient (Wildman–Crippen LogP) is 0.730. The van der Waals surface area contributed by atoms with E-state index in [1.807, 2.05) is 42.5 Å². The van der Waals surface area contributed by atoms with Crippen LogP contribution in [0, 0.1) is 0 Å². The van der Waals surface area contributed by atoms with E-state index in [2.05, 4.69) is 0 Å². The summed E-state index contributed by atoms with van der Waals surface area (Å²) in [6.45, 7) is 0. The molecule has 2 rings (SSSR count). The number of rotatable bonds is 1. The van der Waals surface area contributed by atoms with E-state index in [1.54, 1.807) is 6.07 Å². The molecule has 0 aromatic heterocycles. The average molecular weight is 531 g/mol. The van der Waals surface area contributed by atoms with Crippen LogP contribution in [0.2, 0.25) is 10.0 Å². The van der Waals surface area contributed by atoms with E-state index in [9.17, 15) is 0 Å². The first kappa shape index (κ1) is 35.0. The predicted molar refractivity (Wildman–Crippen MR) is 103 cm³/mol. The molecule has 4 unspecified atom stereocenters. The molecule has 4 atom stereocenters. The Kier molecular flexibility index (Phi) is 37.2. The molecule has 0 N–H and O–H groups in total. The fraction of sp³-hybridized carbons (Fsp3) is 0. The van der Waals surface area contributed by atoms with Crippen molar-refractivity contribution in [3.63, 3.8) is 0 Å². The molecule has 150 valence electrons. The van der Waals surface area contributed by atoms with E-state index in [-0.39, 0.29) is 21.7 Å². The summed E-state index contributed by atoms with van der Waals surface area (Å²) >= 11 is 12.0. The number of halogens is 2. The molecule has 0 aliphatic heterocycles. The summed E-state index contributed by atoms with van der Waals surface area (Å²) in [6, 6.07) is 15.6. The summed E-state index contributed by atoms with van der Waals surface area (Å²) < 4.78 is 33.8. The topological polar surface area (TPSA) is 161 Å². The first-order valence-corrected chi connectivity index (χ1v) is 10.7. The van der Waals surface area contributed by atoms with Crippen molar-refractivity contribution in [2.75, 3.05) is 0 Å². The van der Waals surface area contributed by atoms with Crippen LogP contribution in [0.3, 0.4) is 0 Å². The maximum Gasteiger partial charge on any atom is 4.00 e. The first-order valence-electron chi connectivity index (χ1n) is 6.17. The zero-order valence-electron chi connectivity index (χ0n) is 13.5. The molecule has 0 radical (unpaired) electrons. The van der Waals surface area contributed by atoms with Gasteiger partial charge in [-0.15, -0.1) is 0 Å². The molecular formula is C12H16Cl2O8P4Ti. The second-order valence-electron chi connectivity index (χ2n) is 3.35. The van der Waals surface area contributed by atoms with Gasteiger partial charge < -0.3 is 37.8 Å². The molecule has 2 aromatic carbocycles. The monoisotopic (exact) mass is 530 g/mol. The largest absolute Gasteiger partial charge is 4.00 e. The molecular weight excluding hydrogens is 515 g/mol. The maximum absolute atomic E-state index is 8.46. The molecule has 0 bridgehead atoms. The van der Waals surface area contributed by atoms with Crippen molar-refractivity contribution >= 4 is 58.0 Å². The smallest absolute Gasteiger partial charge is 0.804 e. The van der Waals surface area contributed by atoms with E-state index in [0.29, 0.717) is 10.0 Å². The van der Waals surface area contributed by atoms with Crippen LogP contribution in [0.25, 0.3) is 11.1 Å². The molecule has 15 heteroatoms. The second-order valence-corrected chi connectivity index (χ2v) is 4.91. The van der Waals surface area contributed by atoms with E-state index in [4.69, 9.17) is 61.0 Å². The van der Waals surface area contributed by atoms with Gasteiger partial charge in [-0.2, -0.15) is 0 Å². The summed E-state index contributed by atoms with van der Waals surface area (Å²) in [7, 11) is -7.00. The van der Waals surface area contributed by atoms with Gasteiger partial charge in [-0.1, -0.05) is 65.7 Å². The number of hydrogen-bond acceptors (Lipinski definition) is 8. The minimum absolute atomic E-state index is 0. The Balaban J connectivity index is -0.000000171. The van der Waals surface area contributed by atoms with E-state index in [0.717, 1.165) is 11.1 Å². The van der Waals surface area contributed by atoms with Crippen molar-refractivity contribution in [1.82, 2.24) is 0 Å². The van der Waals surface area contributed by atoms with Crippen molar-refractivity contribution in [2.45, 2.75) is 0 Å². The van der Waals surface area contributed by atoms with Gasteiger partial charge in [0.1, 0.15) is 0 Å². The van der Waals surface area contributed by atoms with Crippen LogP contribution in [-0.2, 0) is 40.0 Å². The Morgan fingerprint density at radius 2 is 1.00 bits per heavy atom. The van der Waals surface area contributed by atoms with Crippen LogP contribution in [0.5, 0.6) is 0 Å². The third-order valence-corrected chi connectivity index (χ3v) is 2.86. The van der Waals surface area contributed by atoms with Gasteiger partial charge >= 0.3 is 21.7 Å². The Bertz CT molecular complexity index is 616. The zero-order valence-corrected chi connectivity index (χ0v) is 21.1. The van der Waals surface area contributed by atoms with Crippen molar-refractivity contribution < 1.29 is 59.6 Å². The third-order valence-electron chi connectivity index (χ3n) is 2.04. The van der Waals surface area contributed by atoms with E-state index in [1.165, 1.54) is 0 Å². The van der Waals surface area contributed by atoms with Crippen LogP contribution in [0.4, 0.5) is 0 Å². The molecule has 0 fully saturated rings.